The van der Waals surface area contributed by atoms with Crippen LogP contribution in [0.3, 0.4) is 0 Å². The number of anilines is 1. The molecule has 0 saturated carbocycles. The predicted molar refractivity (Wildman–Crippen MR) is 149 cm³/mol. The first-order valence-corrected chi connectivity index (χ1v) is 13.4. The minimum absolute atomic E-state index is 0.0248. The van der Waals surface area contributed by atoms with Crippen molar-refractivity contribution in [2.24, 2.45) is 0 Å². The number of nitrogens with zero attached hydrogens (tertiary/aromatic N) is 2. The van der Waals surface area contributed by atoms with Gasteiger partial charge in [0.25, 0.3) is 5.78 Å². The van der Waals surface area contributed by atoms with Gasteiger partial charge in [0.15, 0.2) is 16.6 Å². The van der Waals surface area contributed by atoms with Gasteiger partial charge in [-0.3, -0.25) is 14.5 Å². The number of hydrogen-bond donors (Lipinski definition) is 1. The molecule has 1 unspecified atom stereocenters. The number of carbonyl (C=O) groups is 2. The molecule has 1 saturated heterocycles. The van der Waals surface area contributed by atoms with Crippen LogP contribution in [-0.4, -0.2) is 35.0 Å². The maximum absolute atomic E-state index is 13.5. The molecule has 4 aromatic rings. The zero-order valence-electron chi connectivity index (χ0n) is 20.8. The molecule has 1 amide bonds. The van der Waals surface area contributed by atoms with E-state index in [1.807, 2.05) is 19.9 Å². The number of hydrogen-bond acceptors (Lipinski definition) is 7. The summed E-state index contributed by atoms with van der Waals surface area (Å²) in [6, 6.07) is 18.3. The number of halogens is 1. The molecule has 38 heavy (non-hydrogen) atoms. The number of ether oxygens (including phenoxy) is 2. The van der Waals surface area contributed by atoms with Crippen molar-refractivity contribution in [1.29, 1.82) is 0 Å². The zero-order valence-corrected chi connectivity index (χ0v) is 22.4. The van der Waals surface area contributed by atoms with Crippen LogP contribution in [0.2, 0.25) is 5.02 Å². The second kappa shape index (κ2) is 10.8. The second-order valence-electron chi connectivity index (χ2n) is 8.63. The predicted octanol–water partition coefficient (Wildman–Crippen LogP) is 6.76. The summed E-state index contributed by atoms with van der Waals surface area (Å²) in [6.07, 6.45) is 0.826. The summed E-state index contributed by atoms with van der Waals surface area (Å²) in [6.45, 7) is 4.79. The molecule has 1 N–H and O–H groups in total. The van der Waals surface area contributed by atoms with Gasteiger partial charge >= 0.3 is 5.91 Å². The van der Waals surface area contributed by atoms with E-state index in [0.29, 0.717) is 51.5 Å². The van der Waals surface area contributed by atoms with Crippen LogP contribution >= 0.6 is 22.9 Å². The van der Waals surface area contributed by atoms with Crippen molar-refractivity contribution in [1.82, 2.24) is 4.98 Å². The Hall–Kier alpha value is -3.88. The van der Waals surface area contributed by atoms with Gasteiger partial charge in [0.2, 0.25) is 0 Å². The average molecular weight is 549 g/mol. The number of ketones is 1. The minimum atomic E-state index is -0.939. The third kappa shape index (κ3) is 4.73. The monoisotopic (exact) mass is 548 g/mol. The van der Waals surface area contributed by atoms with Gasteiger partial charge in [-0.1, -0.05) is 66.3 Å². The molecule has 1 aliphatic rings. The largest absolute Gasteiger partial charge is 0.507 e. The van der Waals surface area contributed by atoms with E-state index in [1.54, 1.807) is 60.7 Å². The number of aliphatic hydroxyl groups is 1. The van der Waals surface area contributed by atoms with Crippen LogP contribution in [0.4, 0.5) is 5.13 Å². The van der Waals surface area contributed by atoms with Crippen LogP contribution in [0.5, 0.6) is 11.5 Å². The first-order valence-electron chi connectivity index (χ1n) is 12.2. The fourth-order valence-electron chi connectivity index (χ4n) is 4.38. The van der Waals surface area contributed by atoms with E-state index in [1.165, 1.54) is 16.2 Å². The van der Waals surface area contributed by atoms with E-state index in [0.717, 1.165) is 11.1 Å². The first kappa shape index (κ1) is 25.8. The minimum Gasteiger partial charge on any atom is -0.507 e. The average Bonchev–Trinajstić information content (AvgIpc) is 3.45. The summed E-state index contributed by atoms with van der Waals surface area (Å²) in [5.74, 6) is -0.781. The van der Waals surface area contributed by atoms with Gasteiger partial charge in [-0.25, -0.2) is 4.98 Å². The van der Waals surface area contributed by atoms with Gasteiger partial charge in [-0.2, -0.15) is 0 Å². The number of fused-ring (bicyclic) bond motifs is 1. The molecule has 1 aromatic heterocycles. The van der Waals surface area contributed by atoms with Crippen LogP contribution in [0.25, 0.3) is 16.0 Å². The zero-order chi connectivity index (χ0) is 26.8. The normalized spacial score (nSPS) is 16.8. The number of amides is 1. The van der Waals surface area contributed by atoms with E-state index in [4.69, 9.17) is 21.1 Å². The lowest BCUT2D eigenvalue weighted by molar-refractivity contribution is -0.132. The van der Waals surface area contributed by atoms with Gasteiger partial charge in [-0.05, 0) is 49.2 Å². The standard InChI is InChI=1S/C29H25ClN2O5S/c1-3-14-37-21-13-10-18(15-22(21)36-4-2)25-24(26(33)17-8-6-5-7-9-17)27(34)28(35)32(25)29-31-20-12-11-19(30)16-23(20)38-29/h5-13,15-16,25,33H,3-4,14H2,1-2H3/b26-24+. The lowest BCUT2D eigenvalue weighted by Crippen LogP contribution is -2.29. The summed E-state index contributed by atoms with van der Waals surface area (Å²) in [4.78, 5) is 33.0. The van der Waals surface area contributed by atoms with Gasteiger partial charge in [0.05, 0.1) is 35.0 Å². The third-order valence-electron chi connectivity index (χ3n) is 6.08. The summed E-state index contributed by atoms with van der Waals surface area (Å²) in [5, 5.41) is 12.2. The molecule has 3 aromatic carbocycles. The van der Waals surface area contributed by atoms with Crippen LogP contribution in [0.1, 0.15) is 37.4 Å². The Bertz CT molecular complexity index is 1550. The van der Waals surface area contributed by atoms with Crippen molar-refractivity contribution in [2.75, 3.05) is 18.1 Å². The maximum Gasteiger partial charge on any atom is 0.301 e. The SMILES string of the molecule is CCCOc1ccc(C2/C(=C(\O)c3ccccc3)C(=O)C(=O)N2c2nc3ccc(Cl)cc3s2)cc1OCC. The summed E-state index contributed by atoms with van der Waals surface area (Å²) < 4.78 is 12.5. The molecule has 7 nitrogen and oxygen atoms in total. The van der Waals surface area contributed by atoms with Gasteiger partial charge in [0.1, 0.15) is 5.76 Å². The Kier molecular flexibility index (Phi) is 7.35. The number of rotatable bonds is 8. The Morgan fingerprint density at radius 1 is 1.03 bits per heavy atom. The molecule has 0 spiro atoms. The Morgan fingerprint density at radius 2 is 1.82 bits per heavy atom. The van der Waals surface area contributed by atoms with Crippen molar-refractivity contribution in [3.63, 3.8) is 0 Å². The van der Waals surface area contributed by atoms with Crippen molar-refractivity contribution in [3.05, 3.63) is 88.5 Å². The molecular weight excluding hydrogens is 524 g/mol. The van der Waals surface area contributed by atoms with E-state index in [9.17, 15) is 14.7 Å². The van der Waals surface area contributed by atoms with Crippen molar-refractivity contribution in [3.8, 4) is 11.5 Å². The molecule has 194 valence electrons. The summed E-state index contributed by atoms with van der Waals surface area (Å²) >= 11 is 7.42. The smallest absolute Gasteiger partial charge is 0.301 e. The molecule has 0 bridgehead atoms. The van der Waals surface area contributed by atoms with E-state index >= 15 is 0 Å². The molecule has 0 radical (unpaired) electrons. The van der Waals surface area contributed by atoms with Gasteiger partial charge in [-0.15, -0.1) is 0 Å². The highest BCUT2D eigenvalue weighted by Gasteiger charge is 2.48. The van der Waals surface area contributed by atoms with Gasteiger partial charge in [0, 0.05) is 10.6 Å². The summed E-state index contributed by atoms with van der Waals surface area (Å²) in [7, 11) is 0. The molecule has 1 aliphatic heterocycles. The fourth-order valence-corrected chi connectivity index (χ4v) is 5.65. The van der Waals surface area contributed by atoms with Gasteiger partial charge < -0.3 is 14.6 Å². The van der Waals surface area contributed by atoms with E-state index in [-0.39, 0.29) is 11.3 Å². The van der Waals surface area contributed by atoms with Crippen LogP contribution in [0.15, 0.2) is 72.3 Å². The van der Waals surface area contributed by atoms with Crippen LogP contribution in [-0.2, 0) is 9.59 Å². The quantitative estimate of drug-likeness (QED) is 0.149. The molecule has 1 atom stereocenters. The highest BCUT2D eigenvalue weighted by atomic mass is 35.5. The first-order chi connectivity index (χ1) is 18.4. The van der Waals surface area contributed by atoms with Crippen molar-refractivity contribution < 1.29 is 24.2 Å². The highest BCUT2D eigenvalue weighted by Crippen LogP contribution is 2.46. The molecule has 1 fully saturated rings. The Morgan fingerprint density at radius 3 is 2.55 bits per heavy atom. The molecule has 0 aliphatic carbocycles. The number of aromatic nitrogens is 1. The lowest BCUT2D eigenvalue weighted by atomic mass is 9.95. The number of aliphatic hydroxyl groups excluding tert-OH is 1. The van der Waals surface area contributed by atoms with Crippen LogP contribution in [0, 0.1) is 0 Å². The number of carbonyl (C=O) groups excluding carboxylic acids is 2. The maximum atomic E-state index is 13.5. The number of Topliss-reactive ketones (excluding diaryl/α,β-unsaturated/α-hetero) is 1. The molecule has 2 heterocycles. The van der Waals surface area contributed by atoms with Crippen molar-refractivity contribution in [2.45, 2.75) is 26.3 Å². The number of thiazole rings is 1. The van der Waals surface area contributed by atoms with E-state index < -0.39 is 17.7 Å². The Labute approximate surface area is 228 Å². The second-order valence-corrected chi connectivity index (χ2v) is 10.1. The summed E-state index contributed by atoms with van der Waals surface area (Å²) in [5.41, 5.74) is 1.63. The van der Waals surface area contributed by atoms with Crippen LogP contribution < -0.4 is 14.4 Å². The highest BCUT2D eigenvalue weighted by molar-refractivity contribution is 7.22. The third-order valence-corrected chi connectivity index (χ3v) is 7.33. The van der Waals surface area contributed by atoms with E-state index in [2.05, 4.69) is 4.98 Å². The van der Waals surface area contributed by atoms with Crippen molar-refractivity contribution >= 4 is 55.7 Å². The fraction of sp³-hybridized carbons (Fsp3) is 0.207. The Balaban J connectivity index is 1.71. The molecule has 9 heteroatoms. The topological polar surface area (TPSA) is 89.0 Å². The lowest BCUT2D eigenvalue weighted by Gasteiger charge is -2.24. The molecule has 5 rings (SSSR count). The molecular formula is C29H25ClN2O5S. The number of benzene rings is 3.